The lowest BCUT2D eigenvalue weighted by Crippen LogP contribution is -1.86. The van der Waals surface area contributed by atoms with Gasteiger partial charge in [-0.25, -0.2) is 4.98 Å². The zero-order chi connectivity index (χ0) is 9.97. The number of benzene rings is 1. The first-order valence-corrected chi connectivity index (χ1v) is 4.62. The third-order valence-corrected chi connectivity index (χ3v) is 2.29. The van der Waals surface area contributed by atoms with Crippen LogP contribution in [-0.4, -0.2) is 4.98 Å². The van der Waals surface area contributed by atoms with Crippen molar-refractivity contribution in [3.8, 4) is 11.1 Å². The van der Waals surface area contributed by atoms with Crippen molar-refractivity contribution in [1.82, 2.24) is 4.98 Å². The van der Waals surface area contributed by atoms with Crippen molar-refractivity contribution in [3.05, 3.63) is 48.5 Å². The van der Waals surface area contributed by atoms with E-state index in [1.54, 1.807) is 0 Å². The van der Waals surface area contributed by atoms with Crippen LogP contribution in [0.15, 0.2) is 47.5 Å². The van der Waals surface area contributed by atoms with E-state index in [-0.39, 0.29) is 0 Å². The molecule has 0 fully saturated rings. The molecule has 1 aromatic heterocycles. The van der Waals surface area contributed by atoms with E-state index in [0.717, 1.165) is 11.1 Å². The molecule has 0 aliphatic heterocycles. The molecule has 0 saturated heterocycles. The Hall–Kier alpha value is -1.35. The second kappa shape index (κ2) is 3.80. The Morgan fingerprint density at radius 3 is 2.57 bits per heavy atom. The van der Waals surface area contributed by atoms with Crippen LogP contribution in [0.5, 0.6) is 0 Å². The summed E-state index contributed by atoms with van der Waals surface area (Å²) in [5, 5.41) is 0. The Labute approximate surface area is 87.0 Å². The first kappa shape index (κ1) is 9.21. The van der Waals surface area contributed by atoms with Gasteiger partial charge in [0.05, 0.1) is 0 Å². The number of thiol groups is 1. The molecule has 0 aliphatic carbocycles. The summed E-state index contributed by atoms with van der Waals surface area (Å²) >= 11 is 4.23. The fourth-order valence-electron chi connectivity index (χ4n) is 1.27. The molecule has 0 bridgehead atoms. The first-order valence-electron chi connectivity index (χ1n) is 4.17. The quantitative estimate of drug-likeness (QED) is 0.557. The summed E-state index contributed by atoms with van der Waals surface area (Å²) in [7, 11) is 0. The van der Waals surface area contributed by atoms with Gasteiger partial charge in [-0.2, -0.15) is 4.39 Å². The predicted molar refractivity (Wildman–Crippen MR) is 56.9 cm³/mol. The lowest BCUT2D eigenvalue weighted by atomic mass is 10.1. The van der Waals surface area contributed by atoms with E-state index in [1.807, 2.05) is 30.3 Å². The fraction of sp³-hybridized carbons (Fsp3) is 0. The molecule has 0 amide bonds. The molecule has 0 unspecified atom stereocenters. The lowest BCUT2D eigenvalue weighted by molar-refractivity contribution is 0.582. The molecular weight excluding hydrogens is 197 g/mol. The number of aromatic nitrogens is 1. The van der Waals surface area contributed by atoms with Gasteiger partial charge in [0.15, 0.2) is 0 Å². The largest absolute Gasteiger partial charge is 0.227 e. The maximum Gasteiger partial charge on any atom is 0.213 e. The SMILES string of the molecule is Fc1cc(-c2ccccc2)c(S)cn1. The van der Waals surface area contributed by atoms with E-state index in [0.29, 0.717) is 4.90 Å². The average molecular weight is 205 g/mol. The number of hydrogen-bond donors (Lipinski definition) is 1. The topological polar surface area (TPSA) is 12.9 Å². The van der Waals surface area contributed by atoms with Crippen molar-refractivity contribution in [2.24, 2.45) is 0 Å². The number of hydrogen-bond acceptors (Lipinski definition) is 2. The second-order valence-corrected chi connectivity index (χ2v) is 3.37. The summed E-state index contributed by atoms with van der Waals surface area (Å²) in [6.07, 6.45) is 1.42. The highest BCUT2D eigenvalue weighted by atomic mass is 32.1. The van der Waals surface area contributed by atoms with E-state index in [2.05, 4.69) is 17.6 Å². The van der Waals surface area contributed by atoms with Gasteiger partial charge in [0.1, 0.15) is 0 Å². The zero-order valence-corrected chi connectivity index (χ0v) is 8.21. The lowest BCUT2D eigenvalue weighted by Gasteiger charge is -2.03. The maximum absolute atomic E-state index is 12.9. The van der Waals surface area contributed by atoms with E-state index in [1.165, 1.54) is 12.3 Å². The summed E-state index contributed by atoms with van der Waals surface area (Å²) in [5.41, 5.74) is 1.71. The van der Waals surface area contributed by atoms with Gasteiger partial charge in [0.25, 0.3) is 0 Å². The molecule has 3 heteroatoms. The van der Waals surface area contributed by atoms with E-state index in [9.17, 15) is 4.39 Å². The van der Waals surface area contributed by atoms with Gasteiger partial charge in [-0.05, 0) is 5.56 Å². The minimum absolute atomic E-state index is 0.485. The molecule has 14 heavy (non-hydrogen) atoms. The van der Waals surface area contributed by atoms with E-state index < -0.39 is 5.95 Å². The van der Waals surface area contributed by atoms with Gasteiger partial charge in [0.2, 0.25) is 5.95 Å². The highest BCUT2D eigenvalue weighted by Crippen LogP contribution is 2.25. The van der Waals surface area contributed by atoms with Crippen LogP contribution in [0.3, 0.4) is 0 Å². The first-order chi connectivity index (χ1) is 6.77. The van der Waals surface area contributed by atoms with Crippen molar-refractivity contribution in [2.75, 3.05) is 0 Å². The van der Waals surface area contributed by atoms with Crippen LogP contribution in [-0.2, 0) is 0 Å². The summed E-state index contributed by atoms with van der Waals surface area (Å²) < 4.78 is 12.9. The minimum atomic E-state index is -0.485. The van der Waals surface area contributed by atoms with Crippen LogP contribution in [0.1, 0.15) is 0 Å². The number of halogens is 1. The summed E-state index contributed by atoms with van der Waals surface area (Å²) in [6.45, 7) is 0. The Kier molecular flexibility index (Phi) is 2.50. The van der Waals surface area contributed by atoms with Crippen molar-refractivity contribution < 1.29 is 4.39 Å². The van der Waals surface area contributed by atoms with Gasteiger partial charge in [-0.15, -0.1) is 12.6 Å². The minimum Gasteiger partial charge on any atom is -0.227 e. The van der Waals surface area contributed by atoms with Gasteiger partial charge in [0, 0.05) is 22.7 Å². The summed E-state index contributed by atoms with van der Waals surface area (Å²) in [6, 6.07) is 10.9. The molecular formula is C11H8FNS. The number of rotatable bonds is 1. The van der Waals surface area contributed by atoms with Crippen LogP contribution in [0.4, 0.5) is 4.39 Å². The van der Waals surface area contributed by atoms with Crippen LogP contribution >= 0.6 is 12.6 Å². The average Bonchev–Trinajstić information content (AvgIpc) is 2.23. The molecule has 0 N–H and O–H groups in total. The molecule has 0 aliphatic rings. The standard InChI is InChI=1S/C11H8FNS/c12-11-6-9(10(14)7-13-11)8-4-2-1-3-5-8/h1-7,14H. The highest BCUT2D eigenvalue weighted by molar-refractivity contribution is 7.80. The molecule has 1 nitrogen and oxygen atoms in total. The summed E-state index contributed by atoms with van der Waals surface area (Å²) in [4.78, 5) is 4.20. The fourth-order valence-corrected chi connectivity index (χ4v) is 1.52. The Balaban J connectivity index is 2.57. The molecule has 0 spiro atoms. The Bertz CT molecular complexity index is 442. The Morgan fingerprint density at radius 1 is 1.14 bits per heavy atom. The van der Waals surface area contributed by atoms with Gasteiger partial charge in [-0.1, -0.05) is 30.3 Å². The van der Waals surface area contributed by atoms with Crippen molar-refractivity contribution in [3.63, 3.8) is 0 Å². The monoisotopic (exact) mass is 205 g/mol. The van der Waals surface area contributed by atoms with Gasteiger partial charge in [-0.3, -0.25) is 0 Å². The molecule has 1 aromatic carbocycles. The molecule has 1 heterocycles. The smallest absolute Gasteiger partial charge is 0.213 e. The molecule has 2 rings (SSSR count). The maximum atomic E-state index is 12.9. The van der Waals surface area contributed by atoms with Crippen molar-refractivity contribution in [1.29, 1.82) is 0 Å². The highest BCUT2D eigenvalue weighted by Gasteiger charge is 2.03. The van der Waals surface area contributed by atoms with E-state index in [4.69, 9.17) is 0 Å². The molecule has 0 atom stereocenters. The number of nitrogens with zero attached hydrogens (tertiary/aromatic N) is 1. The van der Waals surface area contributed by atoms with Crippen LogP contribution in [0, 0.1) is 5.95 Å². The third kappa shape index (κ3) is 1.77. The van der Waals surface area contributed by atoms with Gasteiger partial charge >= 0.3 is 0 Å². The molecule has 70 valence electrons. The van der Waals surface area contributed by atoms with Gasteiger partial charge < -0.3 is 0 Å². The van der Waals surface area contributed by atoms with Crippen LogP contribution < -0.4 is 0 Å². The predicted octanol–water partition coefficient (Wildman–Crippen LogP) is 3.18. The Morgan fingerprint density at radius 2 is 1.86 bits per heavy atom. The van der Waals surface area contributed by atoms with Crippen molar-refractivity contribution in [2.45, 2.75) is 4.90 Å². The normalized spacial score (nSPS) is 10.1. The summed E-state index contributed by atoms with van der Waals surface area (Å²) in [5.74, 6) is -0.485. The van der Waals surface area contributed by atoms with Crippen molar-refractivity contribution >= 4 is 12.6 Å². The molecule has 2 aromatic rings. The van der Waals surface area contributed by atoms with Crippen LogP contribution in [0.25, 0.3) is 11.1 Å². The molecule has 0 radical (unpaired) electrons. The van der Waals surface area contributed by atoms with Crippen LogP contribution in [0.2, 0.25) is 0 Å². The third-order valence-electron chi connectivity index (χ3n) is 1.93. The number of pyridine rings is 1. The molecule has 0 saturated carbocycles. The zero-order valence-electron chi connectivity index (χ0n) is 7.31. The second-order valence-electron chi connectivity index (χ2n) is 2.89. The van der Waals surface area contributed by atoms with E-state index >= 15 is 0 Å².